The van der Waals surface area contributed by atoms with Gasteiger partial charge in [-0.05, 0) is 49.7 Å². The highest BCUT2D eigenvalue weighted by Gasteiger charge is 2.37. The van der Waals surface area contributed by atoms with Crippen molar-refractivity contribution < 1.29 is 45.8 Å². The lowest BCUT2D eigenvalue weighted by atomic mass is 10.0. The molecule has 0 bridgehead atoms. The van der Waals surface area contributed by atoms with E-state index in [9.17, 15) is 41.0 Å². The molecule has 1 amide bonds. The molecule has 0 aliphatic rings. The number of carbonyl (C=O) groups is 2. The number of halogens is 6. The number of aliphatic carboxylic acids is 1. The zero-order valence-corrected chi connectivity index (χ0v) is 19.0. The SMILES string of the molecule is CCOc1ccc2c(c1)s/c(=N\C(=O)c1cc(C(F)(F)F)cc(C(F)(F)F)c1)n2C(CC)C(=O)O. The number of ether oxygens (including phenoxy) is 1. The maximum Gasteiger partial charge on any atom is 0.416 e. The maximum atomic E-state index is 13.2. The molecule has 0 fully saturated rings. The van der Waals surface area contributed by atoms with Crippen molar-refractivity contribution in [2.75, 3.05) is 6.61 Å². The predicted molar refractivity (Wildman–Crippen MR) is 114 cm³/mol. The van der Waals surface area contributed by atoms with Crippen molar-refractivity contribution in [3.05, 3.63) is 57.9 Å². The Morgan fingerprint density at radius 1 is 1.03 bits per heavy atom. The molecule has 1 heterocycles. The molecule has 1 N–H and O–H groups in total. The van der Waals surface area contributed by atoms with E-state index in [2.05, 4.69) is 4.99 Å². The summed E-state index contributed by atoms with van der Waals surface area (Å²) < 4.78 is 86.2. The lowest BCUT2D eigenvalue weighted by molar-refractivity contribution is -0.143. The minimum Gasteiger partial charge on any atom is -0.494 e. The van der Waals surface area contributed by atoms with Crippen LogP contribution < -0.4 is 9.54 Å². The van der Waals surface area contributed by atoms with E-state index >= 15 is 0 Å². The fourth-order valence-electron chi connectivity index (χ4n) is 3.36. The summed E-state index contributed by atoms with van der Waals surface area (Å²) in [6.45, 7) is 3.66. The zero-order chi connectivity index (χ0) is 26.1. The minimum atomic E-state index is -5.14. The molecule has 0 aliphatic carbocycles. The molecule has 0 saturated heterocycles. The largest absolute Gasteiger partial charge is 0.494 e. The van der Waals surface area contributed by atoms with Gasteiger partial charge in [-0.25, -0.2) is 4.79 Å². The van der Waals surface area contributed by atoms with Crippen LogP contribution in [-0.2, 0) is 17.1 Å². The summed E-state index contributed by atoms with van der Waals surface area (Å²) in [6, 6.07) is 3.95. The van der Waals surface area contributed by atoms with E-state index in [0.717, 1.165) is 11.3 Å². The second-order valence-electron chi connectivity index (χ2n) is 7.29. The number of amides is 1. The lowest BCUT2D eigenvalue weighted by Gasteiger charge is -2.14. The van der Waals surface area contributed by atoms with E-state index in [0.29, 0.717) is 22.6 Å². The minimum absolute atomic E-state index is 0.0670. The maximum absolute atomic E-state index is 13.2. The number of carboxylic acids is 1. The Balaban J connectivity index is 2.26. The first-order chi connectivity index (χ1) is 16.3. The fraction of sp³-hybridized carbons (Fsp3) is 0.318. The number of carboxylic acid groups (broad SMARTS) is 1. The van der Waals surface area contributed by atoms with Gasteiger partial charge in [0.25, 0.3) is 5.91 Å². The van der Waals surface area contributed by atoms with Crippen molar-refractivity contribution in [3.63, 3.8) is 0 Å². The lowest BCUT2D eigenvalue weighted by Crippen LogP contribution is -2.27. The van der Waals surface area contributed by atoms with Gasteiger partial charge >= 0.3 is 18.3 Å². The van der Waals surface area contributed by atoms with Gasteiger partial charge < -0.3 is 14.4 Å². The monoisotopic (exact) mass is 520 g/mol. The number of hydrogen-bond acceptors (Lipinski definition) is 4. The van der Waals surface area contributed by atoms with Crippen LogP contribution in [0.3, 0.4) is 0 Å². The van der Waals surface area contributed by atoms with Gasteiger partial charge in [-0.1, -0.05) is 18.3 Å². The quantitative estimate of drug-likeness (QED) is 0.410. The molecule has 188 valence electrons. The molecule has 0 spiro atoms. The molecule has 1 atom stereocenters. The Kier molecular flexibility index (Phi) is 7.29. The fourth-order valence-corrected chi connectivity index (χ4v) is 4.45. The molecular weight excluding hydrogens is 502 g/mol. The molecule has 1 aromatic heterocycles. The van der Waals surface area contributed by atoms with Crippen LogP contribution in [0.5, 0.6) is 5.75 Å². The summed E-state index contributed by atoms with van der Waals surface area (Å²) in [6.07, 6.45) is -10.2. The van der Waals surface area contributed by atoms with Gasteiger partial charge in [0.15, 0.2) is 4.80 Å². The van der Waals surface area contributed by atoms with Crippen molar-refractivity contribution in [2.45, 2.75) is 38.7 Å². The third-order valence-electron chi connectivity index (χ3n) is 4.92. The predicted octanol–water partition coefficient (Wildman–Crippen LogP) is 5.92. The number of aromatic nitrogens is 1. The van der Waals surface area contributed by atoms with Crippen molar-refractivity contribution >= 4 is 33.4 Å². The van der Waals surface area contributed by atoms with Gasteiger partial charge in [0.05, 0.1) is 28.0 Å². The zero-order valence-electron chi connectivity index (χ0n) is 18.2. The van der Waals surface area contributed by atoms with Crippen molar-refractivity contribution in [3.8, 4) is 5.75 Å². The first kappa shape index (κ1) is 26.3. The van der Waals surface area contributed by atoms with Gasteiger partial charge in [-0.2, -0.15) is 31.3 Å². The Morgan fingerprint density at radius 3 is 2.11 bits per heavy atom. The number of benzene rings is 2. The average Bonchev–Trinajstić information content (AvgIpc) is 3.09. The van der Waals surface area contributed by atoms with E-state index in [1.54, 1.807) is 26.0 Å². The summed E-state index contributed by atoms with van der Waals surface area (Å²) in [7, 11) is 0. The number of rotatable bonds is 6. The third kappa shape index (κ3) is 5.66. The van der Waals surface area contributed by atoms with Crippen LogP contribution in [-0.4, -0.2) is 28.2 Å². The topological polar surface area (TPSA) is 80.9 Å². The van der Waals surface area contributed by atoms with Crippen LogP contribution in [0, 0.1) is 0 Å². The number of carbonyl (C=O) groups excluding carboxylic acids is 1. The Bertz CT molecular complexity index is 1310. The Labute approximate surface area is 198 Å². The number of thiazole rings is 1. The van der Waals surface area contributed by atoms with Gasteiger partial charge in [0.2, 0.25) is 0 Å². The van der Waals surface area contributed by atoms with E-state index in [-0.39, 0.29) is 29.4 Å². The van der Waals surface area contributed by atoms with Crippen LogP contribution in [0.2, 0.25) is 0 Å². The van der Waals surface area contributed by atoms with E-state index in [1.165, 1.54) is 10.6 Å². The van der Waals surface area contributed by atoms with Crippen LogP contribution in [0.1, 0.15) is 47.8 Å². The molecule has 3 rings (SSSR count). The number of hydrogen-bond donors (Lipinski definition) is 1. The summed E-state index contributed by atoms with van der Waals surface area (Å²) >= 11 is 0.855. The van der Waals surface area contributed by atoms with E-state index < -0.39 is 47.0 Å². The first-order valence-corrected chi connectivity index (χ1v) is 11.0. The van der Waals surface area contributed by atoms with Crippen molar-refractivity contribution in [2.24, 2.45) is 4.99 Å². The number of fused-ring (bicyclic) bond motifs is 1. The highest BCUT2D eigenvalue weighted by Crippen LogP contribution is 2.36. The van der Waals surface area contributed by atoms with Gasteiger partial charge in [0.1, 0.15) is 11.8 Å². The molecular formula is C22H18F6N2O4S. The molecule has 1 unspecified atom stereocenters. The highest BCUT2D eigenvalue weighted by atomic mass is 32.1. The normalized spacial score (nSPS) is 13.8. The average molecular weight is 520 g/mol. The molecule has 0 aliphatic heterocycles. The van der Waals surface area contributed by atoms with Gasteiger partial charge in [-0.3, -0.25) is 4.79 Å². The molecule has 6 nitrogen and oxygen atoms in total. The molecule has 35 heavy (non-hydrogen) atoms. The summed E-state index contributed by atoms with van der Waals surface area (Å²) in [4.78, 5) is 28.2. The second kappa shape index (κ2) is 9.72. The van der Waals surface area contributed by atoms with E-state index in [1.807, 2.05) is 0 Å². The molecule has 13 heteroatoms. The smallest absolute Gasteiger partial charge is 0.416 e. The molecule has 0 saturated carbocycles. The Hall–Kier alpha value is -3.35. The Morgan fingerprint density at radius 2 is 1.63 bits per heavy atom. The number of nitrogens with zero attached hydrogens (tertiary/aromatic N) is 2. The summed E-state index contributed by atoms with van der Waals surface area (Å²) in [5.74, 6) is -2.19. The standard InChI is InChI=1S/C22H18F6N2O4S/c1-3-15(19(32)33)30-16-6-5-14(34-4-2)10-17(16)35-20(30)29-18(31)11-7-12(21(23,24)25)9-13(8-11)22(26,27)28/h5-10,15H,3-4H2,1-2H3,(H,32,33)/b29-20-. The van der Waals surface area contributed by atoms with E-state index in [4.69, 9.17) is 4.74 Å². The van der Waals surface area contributed by atoms with Crippen molar-refractivity contribution in [1.82, 2.24) is 4.57 Å². The summed E-state index contributed by atoms with van der Waals surface area (Å²) in [5.41, 5.74) is -3.89. The first-order valence-electron chi connectivity index (χ1n) is 10.2. The molecule has 0 radical (unpaired) electrons. The van der Waals surface area contributed by atoms with Crippen LogP contribution in [0.4, 0.5) is 26.3 Å². The van der Waals surface area contributed by atoms with Crippen LogP contribution >= 0.6 is 11.3 Å². The van der Waals surface area contributed by atoms with Crippen LogP contribution in [0.25, 0.3) is 10.2 Å². The number of alkyl halides is 6. The molecule has 2 aromatic carbocycles. The van der Waals surface area contributed by atoms with Gasteiger partial charge in [-0.15, -0.1) is 0 Å². The summed E-state index contributed by atoms with van der Waals surface area (Å²) in [5, 5.41) is 9.65. The van der Waals surface area contributed by atoms with Gasteiger partial charge in [0, 0.05) is 5.56 Å². The third-order valence-corrected chi connectivity index (χ3v) is 5.94. The highest BCUT2D eigenvalue weighted by molar-refractivity contribution is 7.16. The second-order valence-corrected chi connectivity index (χ2v) is 8.30. The molecule has 3 aromatic rings. The van der Waals surface area contributed by atoms with Crippen molar-refractivity contribution in [1.29, 1.82) is 0 Å². The van der Waals surface area contributed by atoms with Crippen LogP contribution in [0.15, 0.2) is 41.4 Å².